The normalized spacial score (nSPS) is 19.2. The van der Waals surface area contributed by atoms with Gasteiger partial charge in [-0.2, -0.15) is 0 Å². The molecule has 1 N–H and O–H groups in total. The first-order valence-electron chi connectivity index (χ1n) is 6.00. The van der Waals surface area contributed by atoms with Crippen LogP contribution in [0.2, 0.25) is 5.02 Å². The maximum absolute atomic E-state index is 12.1. The van der Waals surface area contributed by atoms with E-state index in [4.69, 9.17) is 11.6 Å². The van der Waals surface area contributed by atoms with Crippen LogP contribution in [0.4, 0.5) is 0 Å². The highest BCUT2D eigenvalue weighted by Crippen LogP contribution is 2.27. The molecule has 98 valence electrons. The number of nitrogens with zero attached hydrogens (tertiary/aromatic N) is 1. The number of hydrogen-bond acceptors (Lipinski definition) is 3. The van der Waals surface area contributed by atoms with Gasteiger partial charge < -0.3 is 10.0 Å². The molecule has 1 atom stereocenters. The Kier molecular flexibility index (Phi) is 4.92. The van der Waals surface area contributed by atoms with E-state index in [0.717, 1.165) is 24.3 Å². The summed E-state index contributed by atoms with van der Waals surface area (Å²) in [4.78, 5) is 14.8. The summed E-state index contributed by atoms with van der Waals surface area (Å²) in [6.07, 6.45) is 1.88. The summed E-state index contributed by atoms with van der Waals surface area (Å²) in [5.41, 5.74) is 0. The van der Waals surface area contributed by atoms with Gasteiger partial charge in [0.2, 0.25) is 5.91 Å². The number of carbonyl (C=O) groups is 1. The Morgan fingerprint density at radius 1 is 1.50 bits per heavy atom. The predicted octanol–water partition coefficient (Wildman–Crippen LogP) is 2.42. The van der Waals surface area contributed by atoms with Crippen LogP contribution < -0.4 is 0 Å². The second-order valence-corrected chi connectivity index (χ2v) is 5.71. The molecule has 1 heterocycles. The Morgan fingerprint density at radius 3 is 3.00 bits per heavy atom. The highest BCUT2D eigenvalue weighted by Gasteiger charge is 2.27. The van der Waals surface area contributed by atoms with Gasteiger partial charge in [0.15, 0.2) is 0 Å². The Hall–Kier alpha value is -0.710. The predicted molar refractivity (Wildman–Crippen MR) is 74.0 cm³/mol. The van der Waals surface area contributed by atoms with Gasteiger partial charge in [0.05, 0.1) is 23.4 Å². The van der Waals surface area contributed by atoms with Crippen molar-refractivity contribution in [1.29, 1.82) is 0 Å². The van der Waals surface area contributed by atoms with E-state index in [-0.39, 0.29) is 18.6 Å². The van der Waals surface area contributed by atoms with Crippen LogP contribution in [0.5, 0.6) is 0 Å². The average Bonchev–Trinajstić information content (AvgIpc) is 2.86. The molecule has 2 rings (SSSR count). The maximum atomic E-state index is 12.1. The lowest BCUT2D eigenvalue weighted by Crippen LogP contribution is -2.38. The van der Waals surface area contributed by atoms with Crippen molar-refractivity contribution in [1.82, 2.24) is 4.90 Å². The summed E-state index contributed by atoms with van der Waals surface area (Å²) in [6.45, 7) is 0.815. The van der Waals surface area contributed by atoms with Crippen molar-refractivity contribution >= 4 is 29.3 Å². The lowest BCUT2D eigenvalue weighted by Gasteiger charge is -2.22. The lowest BCUT2D eigenvalue weighted by molar-refractivity contribution is -0.129. The molecule has 1 aromatic carbocycles. The van der Waals surface area contributed by atoms with Gasteiger partial charge in [0.1, 0.15) is 0 Å². The van der Waals surface area contributed by atoms with Crippen molar-refractivity contribution in [3.05, 3.63) is 29.3 Å². The first kappa shape index (κ1) is 13.7. The highest BCUT2D eigenvalue weighted by atomic mass is 35.5. The van der Waals surface area contributed by atoms with Crippen LogP contribution in [0.15, 0.2) is 29.2 Å². The third kappa shape index (κ3) is 3.19. The zero-order chi connectivity index (χ0) is 13.0. The van der Waals surface area contributed by atoms with E-state index in [1.165, 1.54) is 11.8 Å². The molecule has 18 heavy (non-hydrogen) atoms. The number of rotatable bonds is 4. The van der Waals surface area contributed by atoms with Crippen molar-refractivity contribution in [2.75, 3.05) is 18.9 Å². The maximum Gasteiger partial charge on any atom is 0.233 e. The molecule has 0 bridgehead atoms. The largest absolute Gasteiger partial charge is 0.394 e. The number of hydrogen-bond donors (Lipinski definition) is 1. The number of benzene rings is 1. The molecule has 1 saturated heterocycles. The molecule has 3 nitrogen and oxygen atoms in total. The Labute approximate surface area is 116 Å². The van der Waals surface area contributed by atoms with Crippen molar-refractivity contribution in [3.8, 4) is 0 Å². The monoisotopic (exact) mass is 285 g/mol. The van der Waals surface area contributed by atoms with E-state index >= 15 is 0 Å². The summed E-state index contributed by atoms with van der Waals surface area (Å²) in [5, 5.41) is 9.87. The van der Waals surface area contributed by atoms with Gasteiger partial charge in [-0.3, -0.25) is 4.79 Å². The number of aliphatic hydroxyl groups excluding tert-OH is 1. The average molecular weight is 286 g/mol. The van der Waals surface area contributed by atoms with Gasteiger partial charge in [-0.25, -0.2) is 0 Å². The van der Waals surface area contributed by atoms with E-state index in [0.29, 0.717) is 10.8 Å². The Balaban J connectivity index is 1.90. The fourth-order valence-electron chi connectivity index (χ4n) is 2.14. The fraction of sp³-hybridized carbons (Fsp3) is 0.462. The summed E-state index contributed by atoms with van der Waals surface area (Å²) in [7, 11) is 0. The molecule has 0 radical (unpaired) electrons. The molecule has 0 saturated carbocycles. The first-order chi connectivity index (χ1) is 8.72. The van der Waals surface area contributed by atoms with Gasteiger partial charge in [-0.05, 0) is 25.0 Å². The third-order valence-corrected chi connectivity index (χ3v) is 4.60. The van der Waals surface area contributed by atoms with Gasteiger partial charge in [-0.15, -0.1) is 11.8 Å². The van der Waals surface area contributed by atoms with E-state index in [9.17, 15) is 9.90 Å². The molecule has 1 aliphatic rings. The molecular weight excluding hydrogens is 270 g/mol. The van der Waals surface area contributed by atoms with E-state index in [1.54, 1.807) is 4.90 Å². The number of aliphatic hydroxyl groups is 1. The molecule has 1 aromatic rings. The molecule has 5 heteroatoms. The Morgan fingerprint density at radius 2 is 2.28 bits per heavy atom. The summed E-state index contributed by atoms with van der Waals surface area (Å²) in [5.74, 6) is 0.455. The van der Waals surface area contributed by atoms with Crippen molar-refractivity contribution in [2.24, 2.45) is 0 Å². The quantitative estimate of drug-likeness (QED) is 0.864. The van der Waals surface area contributed by atoms with E-state index in [1.807, 2.05) is 24.3 Å². The number of halogens is 1. The second-order valence-electron chi connectivity index (χ2n) is 4.28. The lowest BCUT2D eigenvalue weighted by atomic mass is 10.2. The highest BCUT2D eigenvalue weighted by molar-refractivity contribution is 8.00. The van der Waals surface area contributed by atoms with Crippen molar-refractivity contribution in [3.63, 3.8) is 0 Å². The topological polar surface area (TPSA) is 40.5 Å². The van der Waals surface area contributed by atoms with Crippen LogP contribution in [0.3, 0.4) is 0 Å². The van der Waals surface area contributed by atoms with Gasteiger partial charge in [0.25, 0.3) is 0 Å². The smallest absolute Gasteiger partial charge is 0.233 e. The second kappa shape index (κ2) is 6.45. The zero-order valence-corrected chi connectivity index (χ0v) is 11.6. The standard InChI is InChI=1S/C13H16ClNO2S/c14-11-5-1-2-6-12(11)18-9-13(17)15-7-3-4-10(15)8-16/h1-2,5-6,10,16H,3-4,7-9H2. The number of amides is 1. The molecule has 1 fully saturated rings. The first-order valence-corrected chi connectivity index (χ1v) is 7.36. The van der Waals surface area contributed by atoms with Crippen LogP contribution >= 0.6 is 23.4 Å². The summed E-state index contributed by atoms with van der Waals surface area (Å²) < 4.78 is 0. The van der Waals surface area contributed by atoms with Gasteiger partial charge in [-0.1, -0.05) is 23.7 Å². The zero-order valence-electron chi connectivity index (χ0n) is 10.0. The van der Waals surface area contributed by atoms with Crippen molar-refractivity contribution in [2.45, 2.75) is 23.8 Å². The SMILES string of the molecule is O=C(CSc1ccccc1Cl)N1CCCC1CO. The summed E-state index contributed by atoms with van der Waals surface area (Å²) >= 11 is 7.49. The third-order valence-electron chi connectivity index (χ3n) is 3.10. The molecule has 0 aromatic heterocycles. The molecule has 0 aliphatic carbocycles. The van der Waals surface area contributed by atoms with Crippen LogP contribution in [0.25, 0.3) is 0 Å². The minimum atomic E-state index is 0.00402. The Bertz CT molecular complexity index is 427. The van der Waals surface area contributed by atoms with Crippen LogP contribution in [-0.4, -0.2) is 40.9 Å². The van der Waals surface area contributed by atoms with Crippen LogP contribution in [0, 0.1) is 0 Å². The van der Waals surface area contributed by atoms with Gasteiger partial charge in [0, 0.05) is 11.4 Å². The van der Waals surface area contributed by atoms with E-state index in [2.05, 4.69) is 0 Å². The minimum Gasteiger partial charge on any atom is -0.394 e. The number of thioether (sulfide) groups is 1. The van der Waals surface area contributed by atoms with Crippen LogP contribution in [0.1, 0.15) is 12.8 Å². The van der Waals surface area contributed by atoms with Gasteiger partial charge >= 0.3 is 0 Å². The van der Waals surface area contributed by atoms with E-state index < -0.39 is 0 Å². The molecular formula is C13H16ClNO2S. The summed E-state index contributed by atoms with van der Waals surface area (Å²) in [6, 6.07) is 7.51. The number of likely N-dealkylation sites (tertiary alicyclic amines) is 1. The van der Waals surface area contributed by atoms with Crippen LogP contribution in [-0.2, 0) is 4.79 Å². The molecule has 1 aliphatic heterocycles. The van der Waals surface area contributed by atoms with Crippen molar-refractivity contribution < 1.29 is 9.90 Å². The minimum absolute atomic E-state index is 0.00402. The fourth-order valence-corrected chi connectivity index (χ4v) is 3.26. The molecule has 1 unspecified atom stereocenters. The number of carbonyl (C=O) groups excluding carboxylic acids is 1. The molecule has 0 spiro atoms. The molecule has 1 amide bonds.